The number of Topliss-reactive ketones (excluding diaryl/α,β-unsaturated/α-hetero) is 1. The Morgan fingerprint density at radius 1 is 1.64 bits per heavy atom. The van der Waals surface area contributed by atoms with E-state index in [1.807, 2.05) is 0 Å². The number of fused-ring (bicyclic) bond motifs is 1. The summed E-state index contributed by atoms with van der Waals surface area (Å²) in [7, 11) is 0. The normalized spacial score (nSPS) is 15.2. The minimum atomic E-state index is 0.00519. The summed E-state index contributed by atoms with van der Waals surface area (Å²) in [5.74, 6) is 0.442. The van der Waals surface area contributed by atoms with E-state index < -0.39 is 0 Å². The van der Waals surface area contributed by atoms with Gasteiger partial charge < -0.3 is 5.73 Å². The molecule has 0 unspecified atom stereocenters. The van der Waals surface area contributed by atoms with Gasteiger partial charge in [-0.2, -0.15) is 5.10 Å². The first-order chi connectivity index (χ1) is 6.66. The first-order valence-electron chi connectivity index (χ1n) is 4.24. The molecule has 0 amide bonds. The number of aromatic amines is 1. The van der Waals surface area contributed by atoms with Crippen LogP contribution in [-0.4, -0.2) is 21.8 Å². The molecule has 5 nitrogen and oxygen atoms in total. The van der Waals surface area contributed by atoms with Crippen molar-refractivity contribution in [2.45, 2.75) is 13.3 Å². The minimum Gasteiger partial charge on any atom is -0.387 e. The number of aromatic nitrogens is 2. The van der Waals surface area contributed by atoms with Crippen molar-refractivity contribution < 1.29 is 4.79 Å². The SMILES string of the molecule is CC(=O)C1=Cc2[nH]ncc2N=C(N)C1. The molecule has 0 fully saturated rings. The number of hydrogen-bond donors (Lipinski definition) is 2. The van der Waals surface area contributed by atoms with Crippen LogP contribution in [0, 0.1) is 0 Å². The Morgan fingerprint density at radius 3 is 3.14 bits per heavy atom. The predicted octanol–water partition coefficient (Wildman–Crippen LogP) is 0.774. The van der Waals surface area contributed by atoms with Crippen LogP contribution in [0.2, 0.25) is 0 Å². The molecular weight excluding hydrogens is 180 g/mol. The Labute approximate surface area is 80.7 Å². The molecule has 1 aromatic heterocycles. The third kappa shape index (κ3) is 1.44. The second kappa shape index (κ2) is 3.10. The fourth-order valence-corrected chi connectivity index (χ4v) is 1.33. The third-order valence-corrected chi connectivity index (χ3v) is 2.05. The number of H-pyrrole nitrogens is 1. The van der Waals surface area contributed by atoms with Crippen LogP contribution in [0.15, 0.2) is 16.8 Å². The highest BCUT2D eigenvalue weighted by atomic mass is 16.1. The molecule has 1 aliphatic heterocycles. The van der Waals surface area contributed by atoms with Gasteiger partial charge in [0, 0.05) is 12.0 Å². The van der Waals surface area contributed by atoms with Crippen LogP contribution < -0.4 is 5.73 Å². The fraction of sp³-hybridized carbons (Fsp3) is 0.222. The second-order valence-corrected chi connectivity index (χ2v) is 3.17. The Kier molecular flexibility index (Phi) is 1.92. The standard InChI is InChI=1S/C9H10N4O/c1-5(14)6-2-7-8(4-11-13-7)12-9(10)3-6/h2,4H,3H2,1H3,(H2,10,12)(H,11,13). The van der Waals surface area contributed by atoms with Gasteiger partial charge in [0.15, 0.2) is 5.78 Å². The summed E-state index contributed by atoms with van der Waals surface area (Å²) in [6.07, 6.45) is 3.73. The van der Waals surface area contributed by atoms with Crippen molar-refractivity contribution in [3.63, 3.8) is 0 Å². The van der Waals surface area contributed by atoms with E-state index in [-0.39, 0.29) is 5.78 Å². The number of nitrogens with zero attached hydrogens (tertiary/aromatic N) is 2. The number of amidine groups is 1. The molecule has 2 rings (SSSR count). The highest BCUT2D eigenvalue weighted by Crippen LogP contribution is 2.23. The molecule has 14 heavy (non-hydrogen) atoms. The van der Waals surface area contributed by atoms with Crippen molar-refractivity contribution in [1.82, 2.24) is 10.2 Å². The quantitative estimate of drug-likeness (QED) is 0.686. The molecule has 72 valence electrons. The molecule has 0 radical (unpaired) electrons. The van der Waals surface area contributed by atoms with E-state index in [0.717, 1.165) is 5.69 Å². The maximum atomic E-state index is 11.2. The topological polar surface area (TPSA) is 84.1 Å². The first-order valence-corrected chi connectivity index (χ1v) is 4.24. The Balaban J connectivity index is 2.53. The molecule has 0 bridgehead atoms. The van der Waals surface area contributed by atoms with Gasteiger partial charge in [-0.05, 0) is 13.0 Å². The first kappa shape index (κ1) is 8.68. The molecule has 0 aliphatic carbocycles. The lowest BCUT2D eigenvalue weighted by atomic mass is 10.1. The monoisotopic (exact) mass is 190 g/mol. The van der Waals surface area contributed by atoms with Gasteiger partial charge in [-0.1, -0.05) is 0 Å². The van der Waals surface area contributed by atoms with Gasteiger partial charge in [-0.25, -0.2) is 4.99 Å². The molecule has 0 saturated carbocycles. The number of rotatable bonds is 1. The summed E-state index contributed by atoms with van der Waals surface area (Å²) in [4.78, 5) is 15.3. The predicted molar refractivity (Wildman–Crippen MR) is 53.1 cm³/mol. The maximum absolute atomic E-state index is 11.2. The Morgan fingerprint density at radius 2 is 2.43 bits per heavy atom. The average Bonchev–Trinajstić information content (AvgIpc) is 2.45. The molecule has 3 N–H and O–H groups in total. The van der Waals surface area contributed by atoms with Crippen LogP contribution in [-0.2, 0) is 4.79 Å². The zero-order valence-electron chi connectivity index (χ0n) is 7.74. The van der Waals surface area contributed by atoms with Crippen LogP contribution in [0.3, 0.4) is 0 Å². The van der Waals surface area contributed by atoms with Gasteiger partial charge in [0.2, 0.25) is 0 Å². The van der Waals surface area contributed by atoms with E-state index in [4.69, 9.17) is 5.73 Å². The highest BCUT2D eigenvalue weighted by Gasteiger charge is 2.13. The van der Waals surface area contributed by atoms with E-state index in [2.05, 4.69) is 15.2 Å². The largest absolute Gasteiger partial charge is 0.387 e. The molecule has 0 spiro atoms. The molecule has 1 aromatic rings. The third-order valence-electron chi connectivity index (χ3n) is 2.05. The number of carbonyl (C=O) groups is 1. The molecule has 0 aromatic carbocycles. The highest BCUT2D eigenvalue weighted by molar-refractivity contribution is 6.05. The number of nitrogens with two attached hydrogens (primary N) is 1. The zero-order chi connectivity index (χ0) is 10.1. The van der Waals surface area contributed by atoms with Gasteiger partial charge in [0.05, 0.1) is 11.9 Å². The smallest absolute Gasteiger partial charge is 0.156 e. The van der Waals surface area contributed by atoms with Crippen molar-refractivity contribution in [1.29, 1.82) is 0 Å². The van der Waals surface area contributed by atoms with Gasteiger partial charge in [-0.15, -0.1) is 0 Å². The van der Waals surface area contributed by atoms with Crippen LogP contribution in [0.4, 0.5) is 5.69 Å². The van der Waals surface area contributed by atoms with Crippen LogP contribution in [0.25, 0.3) is 6.08 Å². The minimum absolute atomic E-state index is 0.00519. The molecule has 0 saturated heterocycles. The van der Waals surface area contributed by atoms with Gasteiger partial charge in [-0.3, -0.25) is 9.89 Å². The fourth-order valence-electron chi connectivity index (χ4n) is 1.33. The summed E-state index contributed by atoms with van der Waals surface area (Å²) in [6, 6.07) is 0. The number of ketones is 1. The molecule has 1 aliphatic rings. The summed E-state index contributed by atoms with van der Waals surface area (Å²) in [6.45, 7) is 1.51. The Bertz CT molecular complexity index is 441. The van der Waals surface area contributed by atoms with Crippen molar-refractivity contribution >= 4 is 23.4 Å². The van der Waals surface area contributed by atoms with Crippen LogP contribution >= 0.6 is 0 Å². The second-order valence-electron chi connectivity index (χ2n) is 3.17. The van der Waals surface area contributed by atoms with Crippen molar-refractivity contribution in [3.05, 3.63) is 17.5 Å². The maximum Gasteiger partial charge on any atom is 0.156 e. The van der Waals surface area contributed by atoms with E-state index in [1.165, 1.54) is 6.92 Å². The lowest BCUT2D eigenvalue weighted by molar-refractivity contribution is -0.113. The lowest BCUT2D eigenvalue weighted by Crippen LogP contribution is -2.13. The van der Waals surface area contributed by atoms with E-state index >= 15 is 0 Å². The van der Waals surface area contributed by atoms with Gasteiger partial charge in [0.25, 0.3) is 0 Å². The van der Waals surface area contributed by atoms with Crippen molar-refractivity contribution in [3.8, 4) is 0 Å². The van der Waals surface area contributed by atoms with Gasteiger partial charge in [0.1, 0.15) is 11.5 Å². The number of aliphatic imine (C=N–C) groups is 1. The molecular formula is C9H10N4O. The number of hydrogen-bond acceptors (Lipinski definition) is 4. The summed E-state index contributed by atoms with van der Waals surface area (Å²) >= 11 is 0. The number of carbonyl (C=O) groups excluding carboxylic acids is 1. The van der Waals surface area contributed by atoms with Crippen LogP contribution in [0.1, 0.15) is 19.0 Å². The summed E-state index contributed by atoms with van der Waals surface area (Å²) < 4.78 is 0. The summed E-state index contributed by atoms with van der Waals surface area (Å²) in [5.41, 5.74) is 7.71. The van der Waals surface area contributed by atoms with Gasteiger partial charge >= 0.3 is 0 Å². The zero-order valence-corrected chi connectivity index (χ0v) is 7.74. The van der Waals surface area contributed by atoms with E-state index in [0.29, 0.717) is 23.5 Å². The van der Waals surface area contributed by atoms with E-state index in [1.54, 1.807) is 12.3 Å². The average molecular weight is 190 g/mol. The number of nitrogens with one attached hydrogen (secondary N) is 1. The molecule has 0 atom stereocenters. The molecule has 2 heterocycles. The molecule has 5 heteroatoms. The summed E-state index contributed by atoms with van der Waals surface area (Å²) in [5, 5.41) is 6.59. The lowest BCUT2D eigenvalue weighted by Gasteiger charge is -1.98. The van der Waals surface area contributed by atoms with E-state index in [9.17, 15) is 4.79 Å². The Hall–Kier alpha value is -1.91. The van der Waals surface area contributed by atoms with Crippen molar-refractivity contribution in [2.24, 2.45) is 10.7 Å². The van der Waals surface area contributed by atoms with Crippen LogP contribution in [0.5, 0.6) is 0 Å². The van der Waals surface area contributed by atoms with Crippen molar-refractivity contribution in [2.75, 3.05) is 0 Å².